The van der Waals surface area contributed by atoms with Crippen LogP contribution in [0.3, 0.4) is 0 Å². The molecule has 1 unspecified atom stereocenters. The molecule has 3 aromatic carbocycles. The third kappa shape index (κ3) is 5.52. The number of ether oxygens (including phenoxy) is 4. The Kier molecular flexibility index (Phi) is 8.35. The van der Waals surface area contributed by atoms with Crippen LogP contribution in [-0.2, 0) is 9.59 Å². The number of methoxy groups -OCH3 is 2. The third-order valence-corrected chi connectivity index (χ3v) is 6.42. The van der Waals surface area contributed by atoms with Crippen LogP contribution in [-0.4, -0.2) is 43.7 Å². The van der Waals surface area contributed by atoms with Crippen molar-refractivity contribution in [2.45, 2.75) is 32.9 Å². The average Bonchev–Trinajstić information content (AvgIpc) is 3.18. The second-order valence-corrected chi connectivity index (χ2v) is 9.43. The summed E-state index contributed by atoms with van der Waals surface area (Å²) in [6, 6.07) is 15.9. The molecule has 4 rings (SSSR count). The van der Waals surface area contributed by atoms with Crippen LogP contribution in [0.1, 0.15) is 37.9 Å². The van der Waals surface area contributed by atoms with Crippen LogP contribution in [0.25, 0.3) is 5.76 Å². The number of anilines is 1. The van der Waals surface area contributed by atoms with E-state index in [-0.39, 0.29) is 28.0 Å². The average molecular weight is 552 g/mol. The molecule has 1 aliphatic heterocycles. The maximum atomic E-state index is 13.6. The van der Waals surface area contributed by atoms with Crippen molar-refractivity contribution in [2.75, 3.05) is 25.7 Å². The number of ketones is 1. The first-order valence-electron chi connectivity index (χ1n) is 12.4. The maximum Gasteiger partial charge on any atom is 0.300 e. The second-order valence-electron chi connectivity index (χ2n) is 9.03. The first-order valence-corrected chi connectivity index (χ1v) is 12.8. The number of Topliss-reactive ketones (excluding diaryl/α,β-unsaturated/α-hetero) is 1. The van der Waals surface area contributed by atoms with Gasteiger partial charge in [0.05, 0.1) is 49.1 Å². The van der Waals surface area contributed by atoms with E-state index in [1.807, 2.05) is 20.8 Å². The molecule has 0 spiro atoms. The van der Waals surface area contributed by atoms with Gasteiger partial charge in [0.2, 0.25) is 0 Å². The molecule has 0 aliphatic carbocycles. The van der Waals surface area contributed by atoms with E-state index in [0.717, 1.165) is 0 Å². The van der Waals surface area contributed by atoms with E-state index in [1.165, 1.54) is 31.3 Å². The van der Waals surface area contributed by atoms with E-state index in [1.54, 1.807) is 48.5 Å². The van der Waals surface area contributed by atoms with E-state index < -0.39 is 23.5 Å². The molecule has 39 heavy (non-hydrogen) atoms. The van der Waals surface area contributed by atoms with E-state index in [0.29, 0.717) is 35.1 Å². The van der Waals surface area contributed by atoms with Crippen molar-refractivity contribution in [1.82, 2.24) is 0 Å². The first-order chi connectivity index (χ1) is 18.7. The number of benzene rings is 3. The van der Waals surface area contributed by atoms with Gasteiger partial charge in [0.1, 0.15) is 28.8 Å². The molecule has 1 heterocycles. The fourth-order valence-corrected chi connectivity index (χ4v) is 4.77. The summed E-state index contributed by atoms with van der Waals surface area (Å²) >= 11 is 6.36. The van der Waals surface area contributed by atoms with Gasteiger partial charge in [0.25, 0.3) is 11.7 Å². The molecule has 0 bridgehead atoms. The van der Waals surface area contributed by atoms with Gasteiger partial charge in [-0.2, -0.15) is 0 Å². The van der Waals surface area contributed by atoms with Crippen molar-refractivity contribution in [3.8, 4) is 23.0 Å². The molecular formula is C30H30ClNO7. The zero-order valence-corrected chi connectivity index (χ0v) is 23.1. The Morgan fingerprint density at radius 3 is 2.33 bits per heavy atom. The Morgan fingerprint density at radius 2 is 1.67 bits per heavy atom. The number of hydrogen-bond donors (Lipinski definition) is 1. The van der Waals surface area contributed by atoms with E-state index in [4.69, 9.17) is 30.5 Å². The summed E-state index contributed by atoms with van der Waals surface area (Å²) in [5.74, 6) is -0.453. The summed E-state index contributed by atoms with van der Waals surface area (Å²) in [5, 5.41) is 11.8. The molecule has 8 nitrogen and oxygen atoms in total. The van der Waals surface area contributed by atoms with E-state index >= 15 is 0 Å². The maximum absolute atomic E-state index is 13.6. The lowest BCUT2D eigenvalue weighted by molar-refractivity contribution is -0.132. The Bertz CT molecular complexity index is 1430. The highest BCUT2D eigenvalue weighted by Crippen LogP contribution is 2.45. The Balaban J connectivity index is 1.98. The quantitative estimate of drug-likeness (QED) is 0.193. The Hall–Kier alpha value is -4.17. The molecular weight excluding hydrogens is 522 g/mol. The summed E-state index contributed by atoms with van der Waals surface area (Å²) in [6.45, 7) is 6.08. The van der Waals surface area contributed by atoms with Gasteiger partial charge < -0.3 is 24.1 Å². The van der Waals surface area contributed by atoms with Gasteiger partial charge in [-0.3, -0.25) is 14.5 Å². The predicted molar refractivity (Wildman–Crippen MR) is 149 cm³/mol. The van der Waals surface area contributed by atoms with E-state index in [9.17, 15) is 14.7 Å². The standard InChI is InChI=1S/C30H30ClNO7/c1-6-38-20-11-8-10-19(14-20)32-27(18-9-7-12-21(13-18)39-17(2)3)26(29(34)30(32)35)28(33)22-15-23(31)25(37-5)16-24(22)36-4/h7-17,27,33H,6H2,1-5H3/b28-26+. The number of carbonyl (C=O) groups excluding carboxylic acids is 2. The van der Waals surface area contributed by atoms with Gasteiger partial charge >= 0.3 is 0 Å². The lowest BCUT2D eigenvalue weighted by Crippen LogP contribution is -2.29. The molecule has 1 amide bonds. The number of hydrogen-bond acceptors (Lipinski definition) is 7. The van der Waals surface area contributed by atoms with Crippen molar-refractivity contribution in [3.63, 3.8) is 0 Å². The summed E-state index contributed by atoms with van der Waals surface area (Å²) in [5.41, 5.74) is 1.02. The van der Waals surface area contributed by atoms with Crippen LogP contribution in [0, 0.1) is 0 Å². The van der Waals surface area contributed by atoms with Crippen LogP contribution in [0.15, 0.2) is 66.2 Å². The van der Waals surface area contributed by atoms with Crippen molar-refractivity contribution in [2.24, 2.45) is 0 Å². The van der Waals surface area contributed by atoms with Gasteiger partial charge in [-0.15, -0.1) is 0 Å². The van der Waals surface area contributed by atoms with Gasteiger partial charge in [0, 0.05) is 17.8 Å². The van der Waals surface area contributed by atoms with Gasteiger partial charge in [-0.25, -0.2) is 0 Å². The normalized spacial score (nSPS) is 16.5. The van der Waals surface area contributed by atoms with Gasteiger partial charge in [-0.1, -0.05) is 29.8 Å². The molecule has 1 atom stereocenters. The van der Waals surface area contributed by atoms with Crippen LogP contribution >= 0.6 is 11.6 Å². The number of aliphatic hydroxyl groups excluding tert-OH is 1. The molecule has 1 N–H and O–H groups in total. The minimum absolute atomic E-state index is 0.0970. The molecule has 1 fully saturated rings. The van der Waals surface area contributed by atoms with Crippen molar-refractivity contribution in [1.29, 1.82) is 0 Å². The highest BCUT2D eigenvalue weighted by Gasteiger charge is 2.47. The van der Waals surface area contributed by atoms with Gasteiger partial charge in [-0.05, 0) is 56.7 Å². The molecule has 0 aromatic heterocycles. The Labute approximate surface area is 232 Å². The third-order valence-electron chi connectivity index (χ3n) is 6.13. The number of carbonyl (C=O) groups is 2. The summed E-state index contributed by atoms with van der Waals surface area (Å²) in [6.07, 6.45) is -0.0970. The number of aliphatic hydroxyl groups is 1. The zero-order chi connectivity index (χ0) is 28.3. The summed E-state index contributed by atoms with van der Waals surface area (Å²) in [7, 11) is 2.87. The minimum atomic E-state index is -0.983. The SMILES string of the molecule is CCOc1cccc(N2C(=O)C(=O)/C(=C(/O)c3cc(Cl)c(OC)cc3OC)C2c2cccc(OC(C)C)c2)c1. The molecule has 204 valence electrons. The predicted octanol–water partition coefficient (Wildman–Crippen LogP) is 6.17. The number of amides is 1. The fourth-order valence-electron chi connectivity index (χ4n) is 4.52. The van der Waals surface area contributed by atoms with Crippen molar-refractivity contribution >= 4 is 34.7 Å². The number of nitrogens with zero attached hydrogens (tertiary/aromatic N) is 1. The minimum Gasteiger partial charge on any atom is -0.507 e. The van der Waals surface area contributed by atoms with Crippen molar-refractivity contribution in [3.05, 3.63) is 82.4 Å². The molecule has 3 aromatic rings. The highest BCUT2D eigenvalue weighted by molar-refractivity contribution is 6.51. The lowest BCUT2D eigenvalue weighted by Gasteiger charge is -2.26. The van der Waals surface area contributed by atoms with Crippen LogP contribution in [0.2, 0.25) is 5.02 Å². The van der Waals surface area contributed by atoms with Crippen LogP contribution < -0.4 is 23.8 Å². The first kappa shape index (κ1) is 27.9. The van der Waals surface area contributed by atoms with Crippen LogP contribution in [0.4, 0.5) is 5.69 Å². The van der Waals surface area contributed by atoms with Crippen LogP contribution in [0.5, 0.6) is 23.0 Å². The highest BCUT2D eigenvalue weighted by atomic mass is 35.5. The zero-order valence-electron chi connectivity index (χ0n) is 22.4. The molecule has 0 radical (unpaired) electrons. The monoisotopic (exact) mass is 551 g/mol. The lowest BCUT2D eigenvalue weighted by atomic mass is 9.94. The Morgan fingerprint density at radius 1 is 0.974 bits per heavy atom. The number of halogens is 1. The topological polar surface area (TPSA) is 94.5 Å². The summed E-state index contributed by atoms with van der Waals surface area (Å²) < 4.78 is 22.2. The smallest absolute Gasteiger partial charge is 0.300 e. The molecule has 1 aliphatic rings. The molecule has 1 saturated heterocycles. The largest absolute Gasteiger partial charge is 0.507 e. The van der Waals surface area contributed by atoms with Gasteiger partial charge in [0.15, 0.2) is 0 Å². The second kappa shape index (κ2) is 11.7. The van der Waals surface area contributed by atoms with E-state index in [2.05, 4.69) is 0 Å². The number of rotatable bonds is 9. The van der Waals surface area contributed by atoms with Crippen molar-refractivity contribution < 1.29 is 33.6 Å². The molecule has 9 heteroatoms. The molecule has 0 saturated carbocycles. The summed E-state index contributed by atoms with van der Waals surface area (Å²) in [4.78, 5) is 28.5. The fraction of sp³-hybridized carbons (Fsp3) is 0.267.